The molecule has 2 aromatic rings. The molecule has 0 aliphatic heterocycles. The van der Waals surface area contributed by atoms with Crippen molar-refractivity contribution in [1.82, 2.24) is 20.1 Å². The summed E-state index contributed by atoms with van der Waals surface area (Å²) in [7, 11) is 1.85. The molecule has 0 radical (unpaired) electrons. The molecule has 19 heavy (non-hydrogen) atoms. The normalized spacial score (nSPS) is 10.5. The van der Waals surface area contributed by atoms with Gasteiger partial charge in [-0.2, -0.15) is 5.10 Å². The molecule has 0 aliphatic carbocycles. The van der Waals surface area contributed by atoms with E-state index in [1.54, 1.807) is 10.7 Å². The van der Waals surface area contributed by atoms with Crippen LogP contribution in [0.4, 0.5) is 0 Å². The second-order valence-corrected chi connectivity index (χ2v) is 4.70. The molecule has 0 aliphatic rings. The summed E-state index contributed by atoms with van der Waals surface area (Å²) in [6.07, 6.45) is 2.52. The lowest BCUT2D eigenvalue weighted by Gasteiger charge is -2.05. The van der Waals surface area contributed by atoms with E-state index in [1.165, 1.54) is 6.07 Å². The third-order valence-corrected chi connectivity index (χ3v) is 2.99. The average Bonchev–Trinajstić information content (AvgIpc) is 2.75. The Morgan fingerprint density at radius 2 is 2.16 bits per heavy atom. The van der Waals surface area contributed by atoms with Gasteiger partial charge in [0.1, 0.15) is 10.3 Å². The molecule has 0 atom stereocenters. The molecule has 1 N–H and O–H groups in total. The quantitative estimate of drug-likeness (QED) is 0.879. The van der Waals surface area contributed by atoms with Crippen LogP contribution in [-0.2, 0) is 13.5 Å². The van der Waals surface area contributed by atoms with Gasteiger partial charge in [0.05, 0.1) is 11.3 Å². The molecule has 0 saturated heterocycles. The lowest BCUT2D eigenvalue weighted by atomic mass is 10.2. The molecule has 5 nitrogen and oxygen atoms in total. The molecule has 1 amide bonds. The van der Waals surface area contributed by atoms with Crippen LogP contribution in [0.3, 0.4) is 0 Å². The topological polar surface area (TPSA) is 59.8 Å². The van der Waals surface area contributed by atoms with Gasteiger partial charge in [0.25, 0.3) is 5.91 Å². The van der Waals surface area contributed by atoms with Crippen LogP contribution in [0.15, 0.2) is 24.4 Å². The van der Waals surface area contributed by atoms with E-state index in [1.807, 2.05) is 19.3 Å². The predicted octanol–water partition coefficient (Wildman–Crippen LogP) is 2.09. The fourth-order valence-corrected chi connectivity index (χ4v) is 2.01. The van der Waals surface area contributed by atoms with E-state index in [-0.39, 0.29) is 16.2 Å². The average molecular weight is 299 g/mol. The second-order valence-electron chi connectivity index (χ2n) is 3.96. The van der Waals surface area contributed by atoms with Crippen LogP contribution in [0.25, 0.3) is 0 Å². The van der Waals surface area contributed by atoms with E-state index >= 15 is 0 Å². The number of carbonyl (C=O) groups excluding carboxylic acids is 1. The van der Waals surface area contributed by atoms with Gasteiger partial charge in [-0.3, -0.25) is 9.48 Å². The van der Waals surface area contributed by atoms with Crippen molar-refractivity contribution in [2.45, 2.75) is 6.42 Å². The molecule has 100 valence electrons. The van der Waals surface area contributed by atoms with Gasteiger partial charge >= 0.3 is 0 Å². The van der Waals surface area contributed by atoms with Crippen molar-refractivity contribution in [3.05, 3.63) is 46.0 Å². The number of hydrogen-bond donors (Lipinski definition) is 1. The van der Waals surface area contributed by atoms with Gasteiger partial charge in [0.15, 0.2) is 0 Å². The van der Waals surface area contributed by atoms with E-state index in [9.17, 15) is 4.79 Å². The van der Waals surface area contributed by atoms with E-state index in [0.717, 1.165) is 5.69 Å². The maximum atomic E-state index is 11.9. The summed E-state index contributed by atoms with van der Waals surface area (Å²) in [5.74, 6) is -0.273. The fraction of sp³-hybridized carbons (Fsp3) is 0.250. The van der Waals surface area contributed by atoms with Gasteiger partial charge < -0.3 is 5.32 Å². The lowest BCUT2D eigenvalue weighted by Crippen LogP contribution is -2.26. The summed E-state index contributed by atoms with van der Waals surface area (Å²) < 4.78 is 1.72. The smallest absolute Gasteiger partial charge is 0.254 e. The molecule has 0 unspecified atom stereocenters. The molecule has 2 heterocycles. The van der Waals surface area contributed by atoms with Gasteiger partial charge in [-0.25, -0.2) is 4.98 Å². The minimum atomic E-state index is -0.273. The van der Waals surface area contributed by atoms with Crippen molar-refractivity contribution in [3.63, 3.8) is 0 Å². The molecule has 0 spiro atoms. The Bertz CT molecular complexity index is 597. The Morgan fingerprint density at radius 1 is 1.37 bits per heavy atom. The zero-order valence-electron chi connectivity index (χ0n) is 10.2. The van der Waals surface area contributed by atoms with Gasteiger partial charge in [0.2, 0.25) is 0 Å². The SMILES string of the molecule is Cn1ccc(CCNC(=O)c2ccc(Cl)nc2Cl)n1. The zero-order valence-corrected chi connectivity index (χ0v) is 11.7. The van der Waals surface area contributed by atoms with Crippen molar-refractivity contribution >= 4 is 29.1 Å². The molecule has 0 fully saturated rings. The number of aryl methyl sites for hydroxylation is 1. The highest BCUT2D eigenvalue weighted by Gasteiger charge is 2.11. The minimum Gasteiger partial charge on any atom is -0.352 e. The van der Waals surface area contributed by atoms with Crippen molar-refractivity contribution in [2.24, 2.45) is 7.05 Å². The van der Waals surface area contributed by atoms with Crippen LogP contribution in [-0.4, -0.2) is 27.2 Å². The first-order valence-electron chi connectivity index (χ1n) is 5.65. The first-order chi connectivity index (χ1) is 9.06. The highest BCUT2D eigenvalue weighted by Crippen LogP contribution is 2.16. The van der Waals surface area contributed by atoms with Crippen LogP contribution in [0.1, 0.15) is 16.1 Å². The van der Waals surface area contributed by atoms with E-state index in [2.05, 4.69) is 15.4 Å². The molecular weight excluding hydrogens is 287 g/mol. The number of amides is 1. The lowest BCUT2D eigenvalue weighted by molar-refractivity contribution is 0.0954. The van der Waals surface area contributed by atoms with Crippen LogP contribution in [0.5, 0.6) is 0 Å². The molecule has 0 saturated carbocycles. The van der Waals surface area contributed by atoms with E-state index in [4.69, 9.17) is 23.2 Å². The summed E-state index contributed by atoms with van der Waals surface area (Å²) >= 11 is 11.5. The Hall–Kier alpha value is -1.59. The summed E-state index contributed by atoms with van der Waals surface area (Å²) in [6.45, 7) is 0.481. The number of pyridine rings is 1. The number of nitrogens with one attached hydrogen (secondary N) is 1. The van der Waals surface area contributed by atoms with Crippen molar-refractivity contribution in [2.75, 3.05) is 6.54 Å². The molecule has 0 bridgehead atoms. The fourth-order valence-electron chi connectivity index (χ4n) is 1.58. The summed E-state index contributed by atoms with van der Waals surface area (Å²) in [5, 5.41) is 7.34. The third kappa shape index (κ3) is 3.68. The number of carbonyl (C=O) groups is 1. The van der Waals surface area contributed by atoms with E-state index in [0.29, 0.717) is 18.5 Å². The Balaban J connectivity index is 1.90. The largest absolute Gasteiger partial charge is 0.352 e. The zero-order chi connectivity index (χ0) is 13.8. The molecule has 7 heteroatoms. The second kappa shape index (κ2) is 6.04. The molecule has 2 aromatic heterocycles. The number of halogens is 2. The Morgan fingerprint density at radius 3 is 2.79 bits per heavy atom. The first-order valence-corrected chi connectivity index (χ1v) is 6.40. The van der Waals surface area contributed by atoms with Crippen LogP contribution >= 0.6 is 23.2 Å². The van der Waals surface area contributed by atoms with Crippen molar-refractivity contribution in [3.8, 4) is 0 Å². The minimum absolute atomic E-state index is 0.0998. The highest BCUT2D eigenvalue weighted by atomic mass is 35.5. The summed E-state index contributed by atoms with van der Waals surface area (Å²) in [6, 6.07) is 4.98. The van der Waals surface area contributed by atoms with E-state index < -0.39 is 0 Å². The van der Waals surface area contributed by atoms with Crippen molar-refractivity contribution in [1.29, 1.82) is 0 Å². The highest BCUT2D eigenvalue weighted by molar-refractivity contribution is 6.34. The monoisotopic (exact) mass is 298 g/mol. The molecular formula is C12H12Cl2N4O. The van der Waals surface area contributed by atoms with Gasteiger partial charge in [-0.05, 0) is 18.2 Å². The number of nitrogens with zero attached hydrogens (tertiary/aromatic N) is 3. The maximum Gasteiger partial charge on any atom is 0.254 e. The van der Waals surface area contributed by atoms with Crippen LogP contribution < -0.4 is 5.32 Å². The van der Waals surface area contributed by atoms with Gasteiger partial charge in [0, 0.05) is 26.2 Å². The first kappa shape index (κ1) is 13.8. The number of hydrogen-bond acceptors (Lipinski definition) is 3. The van der Waals surface area contributed by atoms with Crippen LogP contribution in [0.2, 0.25) is 10.3 Å². The third-order valence-electron chi connectivity index (χ3n) is 2.49. The predicted molar refractivity (Wildman–Crippen MR) is 73.5 cm³/mol. The number of rotatable bonds is 4. The number of aromatic nitrogens is 3. The van der Waals surface area contributed by atoms with Crippen LogP contribution in [0, 0.1) is 0 Å². The Kier molecular flexibility index (Phi) is 4.39. The summed E-state index contributed by atoms with van der Waals surface area (Å²) in [4.78, 5) is 15.7. The standard InChI is InChI=1S/C12H12Cl2N4O/c1-18-7-5-8(17-18)4-6-15-12(19)9-2-3-10(13)16-11(9)14/h2-3,5,7H,4,6H2,1H3,(H,15,19). The molecule has 2 rings (SSSR count). The maximum absolute atomic E-state index is 11.9. The Labute approximate surface area is 120 Å². The van der Waals surface area contributed by atoms with Gasteiger partial charge in [-0.15, -0.1) is 0 Å². The van der Waals surface area contributed by atoms with Crippen molar-refractivity contribution < 1.29 is 4.79 Å². The van der Waals surface area contributed by atoms with Gasteiger partial charge in [-0.1, -0.05) is 23.2 Å². The summed E-state index contributed by atoms with van der Waals surface area (Å²) in [5.41, 5.74) is 1.23. The molecule has 0 aromatic carbocycles.